The first-order chi connectivity index (χ1) is 9.10. The summed E-state index contributed by atoms with van der Waals surface area (Å²) < 4.78 is 11.1. The molecular weight excluding hydrogens is 330 g/mol. The molecule has 0 aliphatic rings. The molecule has 0 bridgehead atoms. The predicted octanol–water partition coefficient (Wildman–Crippen LogP) is 3.53. The predicted molar refractivity (Wildman–Crippen MR) is 77.5 cm³/mol. The number of nitrogens with one attached hydrogen (secondary N) is 1. The van der Waals surface area contributed by atoms with E-state index < -0.39 is 0 Å². The van der Waals surface area contributed by atoms with E-state index in [1.807, 2.05) is 19.1 Å². The minimum Gasteiger partial charge on any atom is -0.444 e. The van der Waals surface area contributed by atoms with E-state index in [2.05, 4.69) is 21.2 Å². The Balaban J connectivity index is 1.95. The number of carbonyl (C=O) groups excluding carboxylic acids is 1. The van der Waals surface area contributed by atoms with Gasteiger partial charge in [-0.25, -0.2) is 0 Å². The first-order valence-corrected chi connectivity index (χ1v) is 7.33. The summed E-state index contributed by atoms with van der Waals surface area (Å²) >= 11 is 4.83. The SMILES string of the molecule is CO[C@@H](CNC(=O)c1ccc(Br)o1)c1ccc(C)s1. The van der Waals surface area contributed by atoms with Gasteiger partial charge in [-0.3, -0.25) is 4.79 Å². The third kappa shape index (κ3) is 3.68. The zero-order chi connectivity index (χ0) is 13.8. The summed E-state index contributed by atoms with van der Waals surface area (Å²) in [5.41, 5.74) is 0. The van der Waals surface area contributed by atoms with Crippen LogP contribution in [0.15, 0.2) is 33.4 Å². The third-order valence-corrected chi connectivity index (χ3v) is 4.13. The molecule has 0 aliphatic carbocycles. The Morgan fingerprint density at radius 2 is 2.26 bits per heavy atom. The fraction of sp³-hybridized carbons (Fsp3) is 0.308. The normalized spacial score (nSPS) is 12.4. The maximum Gasteiger partial charge on any atom is 0.287 e. The lowest BCUT2D eigenvalue weighted by Gasteiger charge is -2.13. The number of rotatable bonds is 5. The maximum atomic E-state index is 11.8. The van der Waals surface area contributed by atoms with Gasteiger partial charge in [-0.1, -0.05) is 0 Å². The van der Waals surface area contributed by atoms with Gasteiger partial charge in [0.1, 0.15) is 6.10 Å². The largest absolute Gasteiger partial charge is 0.444 e. The number of aryl methyl sites for hydroxylation is 1. The fourth-order valence-electron chi connectivity index (χ4n) is 1.64. The number of hydrogen-bond donors (Lipinski definition) is 1. The molecule has 1 N–H and O–H groups in total. The average Bonchev–Trinajstić information content (AvgIpc) is 2.99. The molecule has 19 heavy (non-hydrogen) atoms. The van der Waals surface area contributed by atoms with Crippen molar-refractivity contribution in [1.82, 2.24) is 5.32 Å². The molecule has 0 spiro atoms. The minimum atomic E-state index is -0.249. The number of methoxy groups -OCH3 is 1. The Morgan fingerprint density at radius 1 is 1.47 bits per heavy atom. The van der Waals surface area contributed by atoms with Crippen LogP contribution in [0.4, 0.5) is 0 Å². The highest BCUT2D eigenvalue weighted by atomic mass is 79.9. The molecule has 2 aromatic heterocycles. The molecule has 2 aromatic rings. The summed E-state index contributed by atoms with van der Waals surface area (Å²) in [5.74, 6) is 0.0325. The highest BCUT2D eigenvalue weighted by Crippen LogP contribution is 2.24. The standard InChI is InChI=1S/C13H14BrNO3S/c1-8-3-5-11(19-8)10(17-2)7-15-13(16)9-4-6-12(14)18-9/h3-6,10H,7H2,1-2H3,(H,15,16)/t10-/m0/s1. The van der Waals surface area contributed by atoms with Crippen molar-refractivity contribution < 1.29 is 13.9 Å². The van der Waals surface area contributed by atoms with Crippen molar-refractivity contribution in [3.8, 4) is 0 Å². The van der Waals surface area contributed by atoms with Gasteiger partial charge in [0.05, 0.1) is 0 Å². The van der Waals surface area contributed by atoms with Gasteiger partial charge in [0.15, 0.2) is 10.4 Å². The first kappa shape index (κ1) is 14.3. The van der Waals surface area contributed by atoms with Crippen molar-refractivity contribution in [2.24, 2.45) is 0 Å². The van der Waals surface area contributed by atoms with Gasteiger partial charge in [-0.15, -0.1) is 11.3 Å². The van der Waals surface area contributed by atoms with Crippen LogP contribution in [-0.4, -0.2) is 19.6 Å². The van der Waals surface area contributed by atoms with E-state index in [9.17, 15) is 4.79 Å². The average molecular weight is 344 g/mol. The van der Waals surface area contributed by atoms with Gasteiger partial charge >= 0.3 is 0 Å². The molecule has 0 unspecified atom stereocenters. The summed E-state index contributed by atoms with van der Waals surface area (Å²) in [6.45, 7) is 2.45. The zero-order valence-corrected chi connectivity index (χ0v) is 13.0. The third-order valence-electron chi connectivity index (χ3n) is 2.61. The van der Waals surface area contributed by atoms with Gasteiger partial charge in [0.25, 0.3) is 5.91 Å². The van der Waals surface area contributed by atoms with Gasteiger partial charge in [0, 0.05) is 23.4 Å². The Hall–Kier alpha value is -1.11. The van der Waals surface area contributed by atoms with Crippen LogP contribution < -0.4 is 5.32 Å². The van der Waals surface area contributed by atoms with Crippen molar-refractivity contribution in [3.05, 3.63) is 44.4 Å². The van der Waals surface area contributed by atoms with Crippen LogP contribution in [0.3, 0.4) is 0 Å². The Labute approximate surface area is 123 Å². The second-order valence-corrected chi connectivity index (χ2v) is 6.09. The van der Waals surface area contributed by atoms with Crippen LogP contribution in [0.2, 0.25) is 0 Å². The Bertz CT molecular complexity index is 564. The highest BCUT2D eigenvalue weighted by molar-refractivity contribution is 9.10. The summed E-state index contributed by atoms with van der Waals surface area (Å²) in [6.07, 6.45) is -0.138. The second kappa shape index (κ2) is 6.36. The van der Waals surface area contributed by atoms with Crippen LogP contribution in [0.1, 0.15) is 26.4 Å². The van der Waals surface area contributed by atoms with Crippen LogP contribution in [0.25, 0.3) is 0 Å². The van der Waals surface area contributed by atoms with E-state index in [-0.39, 0.29) is 17.8 Å². The quantitative estimate of drug-likeness (QED) is 0.903. The summed E-state index contributed by atoms with van der Waals surface area (Å²) in [4.78, 5) is 14.2. The molecule has 6 heteroatoms. The molecule has 2 rings (SSSR count). The van der Waals surface area contributed by atoms with Crippen molar-refractivity contribution >= 4 is 33.2 Å². The molecule has 0 saturated carbocycles. The lowest BCUT2D eigenvalue weighted by Crippen LogP contribution is -2.28. The lowest BCUT2D eigenvalue weighted by molar-refractivity contribution is 0.0815. The van der Waals surface area contributed by atoms with E-state index in [0.717, 1.165) is 4.88 Å². The smallest absolute Gasteiger partial charge is 0.287 e. The van der Waals surface area contributed by atoms with Gasteiger partial charge < -0.3 is 14.5 Å². The molecule has 4 nitrogen and oxygen atoms in total. The maximum absolute atomic E-state index is 11.8. The van der Waals surface area contributed by atoms with Crippen molar-refractivity contribution in [2.45, 2.75) is 13.0 Å². The van der Waals surface area contributed by atoms with Crippen LogP contribution in [0, 0.1) is 6.92 Å². The fourth-order valence-corrected chi connectivity index (χ4v) is 2.90. The molecule has 102 valence electrons. The molecular formula is C13H14BrNO3S. The Kier molecular flexibility index (Phi) is 4.79. The van der Waals surface area contributed by atoms with E-state index in [1.165, 1.54) is 4.88 Å². The summed E-state index contributed by atoms with van der Waals surface area (Å²) in [6, 6.07) is 7.36. The number of amides is 1. The Morgan fingerprint density at radius 3 is 2.79 bits per heavy atom. The number of ether oxygens (including phenoxy) is 1. The molecule has 0 saturated heterocycles. The van der Waals surface area contributed by atoms with E-state index in [4.69, 9.17) is 9.15 Å². The van der Waals surface area contributed by atoms with E-state index in [0.29, 0.717) is 11.2 Å². The summed E-state index contributed by atoms with van der Waals surface area (Å²) in [5, 5.41) is 2.80. The van der Waals surface area contributed by atoms with E-state index in [1.54, 1.807) is 30.6 Å². The van der Waals surface area contributed by atoms with Gasteiger partial charge in [0.2, 0.25) is 0 Å². The second-order valence-electron chi connectivity index (χ2n) is 3.99. The van der Waals surface area contributed by atoms with Crippen molar-refractivity contribution in [2.75, 3.05) is 13.7 Å². The number of halogens is 1. The molecule has 1 amide bonds. The van der Waals surface area contributed by atoms with Crippen molar-refractivity contribution in [1.29, 1.82) is 0 Å². The van der Waals surface area contributed by atoms with Gasteiger partial charge in [-0.2, -0.15) is 0 Å². The van der Waals surface area contributed by atoms with E-state index >= 15 is 0 Å². The highest BCUT2D eigenvalue weighted by Gasteiger charge is 2.16. The van der Waals surface area contributed by atoms with Crippen molar-refractivity contribution in [3.63, 3.8) is 0 Å². The molecule has 2 heterocycles. The molecule has 0 aromatic carbocycles. The zero-order valence-electron chi connectivity index (χ0n) is 10.6. The molecule has 1 atom stereocenters. The van der Waals surface area contributed by atoms with Crippen LogP contribution in [0.5, 0.6) is 0 Å². The minimum absolute atomic E-state index is 0.138. The number of hydrogen-bond acceptors (Lipinski definition) is 4. The number of carbonyl (C=O) groups is 1. The monoisotopic (exact) mass is 343 g/mol. The number of thiophene rings is 1. The first-order valence-electron chi connectivity index (χ1n) is 5.73. The number of furan rings is 1. The summed E-state index contributed by atoms with van der Waals surface area (Å²) in [7, 11) is 1.63. The van der Waals surface area contributed by atoms with Crippen LogP contribution in [-0.2, 0) is 4.74 Å². The molecule has 0 radical (unpaired) electrons. The topological polar surface area (TPSA) is 51.5 Å². The molecule has 0 aliphatic heterocycles. The van der Waals surface area contributed by atoms with Crippen LogP contribution >= 0.6 is 27.3 Å². The lowest BCUT2D eigenvalue weighted by atomic mass is 10.2. The van der Waals surface area contributed by atoms with Gasteiger partial charge in [-0.05, 0) is 47.1 Å². The molecule has 0 fully saturated rings.